The second-order valence-corrected chi connectivity index (χ2v) is 7.56. The lowest BCUT2D eigenvalue weighted by Gasteiger charge is -2.28. The number of anilines is 2. The van der Waals surface area contributed by atoms with E-state index in [0.29, 0.717) is 6.54 Å². The SMILES string of the molecule is O=C(NCCCc1ccc(N2CCCCC2)cc1)C(=O)Nc1ccc(F)c(Cl)c1. The van der Waals surface area contributed by atoms with Gasteiger partial charge in [0.1, 0.15) is 5.82 Å². The Bertz CT molecular complexity index is 852. The van der Waals surface area contributed by atoms with Gasteiger partial charge in [0.2, 0.25) is 0 Å². The van der Waals surface area contributed by atoms with E-state index in [0.717, 1.165) is 32.0 Å². The molecule has 0 aliphatic carbocycles. The van der Waals surface area contributed by atoms with Crippen LogP contribution < -0.4 is 15.5 Å². The summed E-state index contributed by atoms with van der Waals surface area (Å²) in [7, 11) is 0. The van der Waals surface area contributed by atoms with Crippen LogP contribution in [0.1, 0.15) is 31.2 Å². The number of carbonyl (C=O) groups is 2. The van der Waals surface area contributed by atoms with Crippen molar-refractivity contribution in [1.29, 1.82) is 0 Å². The van der Waals surface area contributed by atoms with Gasteiger partial charge in [-0.15, -0.1) is 0 Å². The molecule has 0 radical (unpaired) electrons. The van der Waals surface area contributed by atoms with Gasteiger partial charge in [-0.1, -0.05) is 23.7 Å². The number of carbonyl (C=O) groups excluding carboxylic acids is 2. The maximum Gasteiger partial charge on any atom is 0.313 e. The number of aryl methyl sites for hydroxylation is 1. The molecule has 154 valence electrons. The normalized spacial score (nSPS) is 13.8. The molecule has 0 saturated carbocycles. The number of hydrogen-bond donors (Lipinski definition) is 2. The van der Waals surface area contributed by atoms with E-state index < -0.39 is 17.6 Å². The second-order valence-electron chi connectivity index (χ2n) is 7.16. The van der Waals surface area contributed by atoms with E-state index >= 15 is 0 Å². The molecular formula is C22H25ClFN3O2. The number of piperidine rings is 1. The van der Waals surface area contributed by atoms with Gasteiger partial charge in [0.05, 0.1) is 5.02 Å². The van der Waals surface area contributed by atoms with Crippen LogP contribution in [0.25, 0.3) is 0 Å². The molecule has 2 aromatic carbocycles. The van der Waals surface area contributed by atoms with Gasteiger partial charge in [-0.3, -0.25) is 9.59 Å². The van der Waals surface area contributed by atoms with E-state index in [1.807, 2.05) is 0 Å². The minimum Gasteiger partial charge on any atom is -0.372 e. The number of amides is 2. The standard InChI is InChI=1S/C22H25ClFN3O2/c23-19-15-17(8-11-20(19)24)26-22(29)21(28)25-12-4-5-16-6-9-18(10-7-16)27-13-2-1-3-14-27/h6-11,15H,1-5,12-14H2,(H,25,28)(H,26,29). The van der Waals surface area contributed by atoms with Gasteiger partial charge in [-0.2, -0.15) is 0 Å². The third-order valence-corrected chi connectivity index (χ3v) is 5.26. The molecule has 1 aliphatic heterocycles. The third-order valence-electron chi connectivity index (χ3n) is 4.97. The van der Waals surface area contributed by atoms with Crippen LogP contribution >= 0.6 is 11.6 Å². The Labute approximate surface area is 175 Å². The molecule has 2 N–H and O–H groups in total. The molecule has 0 aromatic heterocycles. The van der Waals surface area contributed by atoms with Crippen LogP contribution in [0.5, 0.6) is 0 Å². The van der Waals surface area contributed by atoms with E-state index in [2.05, 4.69) is 39.8 Å². The average Bonchev–Trinajstić information content (AvgIpc) is 2.74. The first-order chi connectivity index (χ1) is 14.0. The zero-order valence-corrected chi connectivity index (χ0v) is 17.0. The van der Waals surface area contributed by atoms with Gasteiger partial charge in [0.25, 0.3) is 0 Å². The molecule has 0 atom stereocenters. The Morgan fingerprint density at radius 2 is 1.72 bits per heavy atom. The number of hydrogen-bond acceptors (Lipinski definition) is 3. The predicted octanol–water partition coefficient (Wildman–Crippen LogP) is 4.16. The van der Waals surface area contributed by atoms with Crippen LogP contribution in [0.4, 0.5) is 15.8 Å². The summed E-state index contributed by atoms with van der Waals surface area (Å²) in [5.74, 6) is -2.12. The lowest BCUT2D eigenvalue weighted by atomic mass is 10.1. The first-order valence-electron chi connectivity index (χ1n) is 9.91. The minimum absolute atomic E-state index is 0.116. The molecule has 1 fully saturated rings. The van der Waals surface area contributed by atoms with Gasteiger partial charge in [0.15, 0.2) is 0 Å². The molecule has 0 bridgehead atoms. The van der Waals surface area contributed by atoms with Crippen molar-refractivity contribution >= 4 is 34.8 Å². The van der Waals surface area contributed by atoms with Crippen molar-refractivity contribution < 1.29 is 14.0 Å². The molecule has 3 rings (SSSR count). The average molecular weight is 418 g/mol. The Kier molecular flexibility index (Phi) is 7.47. The molecule has 29 heavy (non-hydrogen) atoms. The fourth-order valence-corrected chi connectivity index (χ4v) is 3.54. The largest absolute Gasteiger partial charge is 0.372 e. The quantitative estimate of drug-likeness (QED) is 0.548. The van der Waals surface area contributed by atoms with E-state index in [1.165, 1.54) is 42.6 Å². The highest BCUT2D eigenvalue weighted by Gasteiger charge is 2.14. The van der Waals surface area contributed by atoms with E-state index in [4.69, 9.17) is 11.6 Å². The van der Waals surface area contributed by atoms with Crippen LogP contribution in [-0.2, 0) is 16.0 Å². The zero-order valence-electron chi connectivity index (χ0n) is 16.2. The van der Waals surface area contributed by atoms with Crippen molar-refractivity contribution in [3.63, 3.8) is 0 Å². The van der Waals surface area contributed by atoms with Crippen molar-refractivity contribution in [2.75, 3.05) is 29.9 Å². The van der Waals surface area contributed by atoms with Crippen LogP contribution in [0.15, 0.2) is 42.5 Å². The van der Waals surface area contributed by atoms with E-state index in [9.17, 15) is 14.0 Å². The second kappa shape index (κ2) is 10.3. The minimum atomic E-state index is -0.807. The summed E-state index contributed by atoms with van der Waals surface area (Å²) < 4.78 is 13.1. The lowest BCUT2D eigenvalue weighted by molar-refractivity contribution is -0.136. The number of nitrogens with zero attached hydrogens (tertiary/aromatic N) is 1. The van der Waals surface area contributed by atoms with Gasteiger partial charge >= 0.3 is 11.8 Å². The predicted molar refractivity (Wildman–Crippen MR) is 114 cm³/mol. The Morgan fingerprint density at radius 1 is 1.00 bits per heavy atom. The first kappa shape index (κ1) is 21.1. The summed E-state index contributed by atoms with van der Waals surface area (Å²) in [6.45, 7) is 2.64. The Morgan fingerprint density at radius 3 is 2.41 bits per heavy atom. The van der Waals surface area contributed by atoms with Crippen LogP contribution in [-0.4, -0.2) is 31.4 Å². The lowest BCUT2D eigenvalue weighted by Crippen LogP contribution is -2.36. The summed E-state index contributed by atoms with van der Waals surface area (Å²) in [6, 6.07) is 12.3. The maximum absolute atomic E-state index is 13.1. The van der Waals surface area contributed by atoms with Crippen molar-refractivity contribution in [2.45, 2.75) is 32.1 Å². The summed E-state index contributed by atoms with van der Waals surface area (Å²) in [5, 5.41) is 4.88. The Hall–Kier alpha value is -2.60. The highest BCUT2D eigenvalue weighted by atomic mass is 35.5. The summed E-state index contributed by atoms with van der Waals surface area (Å²) in [4.78, 5) is 26.2. The Balaban J connectivity index is 1.38. The molecular weight excluding hydrogens is 393 g/mol. The van der Waals surface area contributed by atoms with Gasteiger partial charge in [0, 0.05) is 31.0 Å². The molecule has 7 heteroatoms. The summed E-state index contributed by atoms with van der Waals surface area (Å²) in [6.07, 6.45) is 5.36. The van der Waals surface area contributed by atoms with Gasteiger partial charge < -0.3 is 15.5 Å². The number of halogens is 2. The zero-order chi connectivity index (χ0) is 20.6. The smallest absolute Gasteiger partial charge is 0.313 e. The third kappa shape index (κ3) is 6.19. The molecule has 2 amide bonds. The highest BCUT2D eigenvalue weighted by Crippen LogP contribution is 2.21. The van der Waals surface area contributed by atoms with E-state index in [1.54, 1.807) is 0 Å². The van der Waals surface area contributed by atoms with Crippen LogP contribution in [0.3, 0.4) is 0 Å². The molecule has 0 unspecified atom stereocenters. The van der Waals surface area contributed by atoms with Crippen LogP contribution in [0.2, 0.25) is 5.02 Å². The van der Waals surface area contributed by atoms with Gasteiger partial charge in [-0.05, 0) is 68.0 Å². The van der Waals surface area contributed by atoms with Crippen molar-refractivity contribution in [3.05, 3.63) is 58.9 Å². The molecule has 1 saturated heterocycles. The number of rotatable bonds is 6. The maximum atomic E-state index is 13.1. The van der Waals surface area contributed by atoms with Crippen molar-refractivity contribution in [1.82, 2.24) is 5.32 Å². The highest BCUT2D eigenvalue weighted by molar-refractivity contribution is 6.39. The van der Waals surface area contributed by atoms with E-state index in [-0.39, 0.29) is 10.7 Å². The topological polar surface area (TPSA) is 61.4 Å². The fraction of sp³-hybridized carbons (Fsp3) is 0.364. The first-order valence-corrected chi connectivity index (χ1v) is 10.3. The van der Waals surface area contributed by atoms with Gasteiger partial charge in [-0.25, -0.2) is 4.39 Å². The molecule has 5 nitrogen and oxygen atoms in total. The van der Waals surface area contributed by atoms with Crippen molar-refractivity contribution in [2.24, 2.45) is 0 Å². The molecule has 1 heterocycles. The monoisotopic (exact) mass is 417 g/mol. The van der Waals surface area contributed by atoms with Crippen molar-refractivity contribution in [3.8, 4) is 0 Å². The number of benzene rings is 2. The number of nitrogens with one attached hydrogen (secondary N) is 2. The summed E-state index contributed by atoms with van der Waals surface area (Å²) in [5.41, 5.74) is 2.73. The summed E-state index contributed by atoms with van der Waals surface area (Å²) >= 11 is 5.66. The fourth-order valence-electron chi connectivity index (χ4n) is 3.36. The molecule has 0 spiro atoms. The molecule has 1 aliphatic rings. The molecule has 2 aromatic rings. The van der Waals surface area contributed by atoms with Crippen LogP contribution in [0, 0.1) is 5.82 Å².